The molecule has 0 aromatic carbocycles. The van der Waals surface area contributed by atoms with Crippen LogP contribution in [0.15, 0.2) is 6.33 Å². The van der Waals surface area contributed by atoms with Crippen molar-refractivity contribution in [2.45, 2.75) is 44.7 Å². The molecule has 0 radical (unpaired) electrons. The largest absolute Gasteiger partial charge is 0.463 e. The molecule has 0 aliphatic heterocycles. The predicted molar refractivity (Wildman–Crippen MR) is 66.4 cm³/mol. The second-order valence-electron chi connectivity index (χ2n) is 4.66. The van der Waals surface area contributed by atoms with Crippen LogP contribution in [0.5, 0.6) is 0 Å². The van der Waals surface area contributed by atoms with Crippen molar-refractivity contribution in [3.8, 4) is 0 Å². The van der Waals surface area contributed by atoms with Gasteiger partial charge in [0.05, 0.1) is 7.11 Å². The zero-order chi connectivity index (χ0) is 13.7. The normalized spacial score (nSPS) is 16.1. The number of aromatic nitrogens is 3. The molecular weight excluding hydrogens is 248 g/mol. The third-order valence-electron chi connectivity index (χ3n) is 3.18. The summed E-state index contributed by atoms with van der Waals surface area (Å²) in [4.78, 5) is 26.8. The molecule has 0 spiro atoms. The highest BCUT2D eigenvalue weighted by atomic mass is 16.5. The fraction of sp³-hybridized carbons (Fsp3) is 0.667. The van der Waals surface area contributed by atoms with E-state index in [-0.39, 0.29) is 24.3 Å². The Bertz CT molecular complexity index is 452. The van der Waals surface area contributed by atoms with Crippen LogP contribution >= 0.6 is 0 Å². The average Bonchev–Trinajstić information content (AvgIpc) is 2.87. The number of nitrogens with zero attached hydrogens (tertiary/aromatic N) is 3. The van der Waals surface area contributed by atoms with Crippen molar-refractivity contribution in [2.24, 2.45) is 0 Å². The van der Waals surface area contributed by atoms with Crippen LogP contribution < -0.4 is 5.32 Å². The average molecular weight is 266 g/mol. The number of nitrogens with one attached hydrogen (secondary N) is 1. The minimum absolute atomic E-state index is 0.0343. The lowest BCUT2D eigenvalue weighted by molar-refractivity contribution is -0.122. The van der Waals surface area contributed by atoms with E-state index < -0.39 is 5.97 Å². The molecule has 0 atom stereocenters. The first-order valence-corrected chi connectivity index (χ1v) is 6.46. The molecule has 7 nitrogen and oxygen atoms in total. The number of carbonyl (C=O) groups is 2. The summed E-state index contributed by atoms with van der Waals surface area (Å²) in [7, 11) is 1.26. The summed E-state index contributed by atoms with van der Waals surface area (Å²) in [6, 6.07) is 0.268. The monoisotopic (exact) mass is 266 g/mol. The van der Waals surface area contributed by atoms with Gasteiger partial charge in [0, 0.05) is 6.04 Å². The molecule has 1 amide bonds. The molecule has 1 aromatic heterocycles. The van der Waals surface area contributed by atoms with Crippen molar-refractivity contribution in [3.05, 3.63) is 12.2 Å². The standard InChI is InChI=1S/C12H18N4O3/c1-19-12(18)11-13-8-16(15-11)7-10(17)14-9-5-3-2-4-6-9/h8-9H,2-7H2,1H3,(H,14,17). The summed E-state index contributed by atoms with van der Waals surface area (Å²) in [5.74, 6) is -0.743. The molecule has 7 heteroatoms. The fourth-order valence-corrected chi connectivity index (χ4v) is 2.22. The number of methoxy groups -OCH3 is 1. The number of hydrogen-bond acceptors (Lipinski definition) is 5. The van der Waals surface area contributed by atoms with Gasteiger partial charge in [0.2, 0.25) is 5.91 Å². The first kappa shape index (κ1) is 13.5. The summed E-state index contributed by atoms with van der Waals surface area (Å²) >= 11 is 0. The second-order valence-corrected chi connectivity index (χ2v) is 4.66. The van der Waals surface area contributed by atoms with Gasteiger partial charge in [0.1, 0.15) is 12.9 Å². The van der Waals surface area contributed by atoms with Crippen molar-refractivity contribution >= 4 is 11.9 Å². The molecular formula is C12H18N4O3. The molecule has 1 saturated carbocycles. The van der Waals surface area contributed by atoms with Crippen LogP contribution in [-0.2, 0) is 16.1 Å². The van der Waals surface area contributed by atoms with E-state index in [0.29, 0.717) is 0 Å². The Balaban J connectivity index is 1.84. The van der Waals surface area contributed by atoms with Crippen molar-refractivity contribution in [1.29, 1.82) is 0 Å². The van der Waals surface area contributed by atoms with Gasteiger partial charge in [0.15, 0.2) is 0 Å². The third kappa shape index (κ3) is 3.77. The summed E-state index contributed by atoms with van der Waals surface area (Å²) in [5, 5.41) is 6.86. The summed E-state index contributed by atoms with van der Waals surface area (Å²) in [6.07, 6.45) is 7.01. The van der Waals surface area contributed by atoms with E-state index in [9.17, 15) is 9.59 Å². The van der Waals surface area contributed by atoms with E-state index in [1.165, 1.54) is 37.4 Å². The Morgan fingerprint density at radius 3 is 2.84 bits per heavy atom. The first-order valence-electron chi connectivity index (χ1n) is 6.46. The topological polar surface area (TPSA) is 86.1 Å². The Morgan fingerprint density at radius 2 is 2.16 bits per heavy atom. The third-order valence-corrected chi connectivity index (χ3v) is 3.18. The lowest BCUT2D eigenvalue weighted by Gasteiger charge is -2.22. The van der Waals surface area contributed by atoms with E-state index in [0.717, 1.165) is 12.8 Å². The van der Waals surface area contributed by atoms with Gasteiger partial charge in [-0.1, -0.05) is 19.3 Å². The number of hydrogen-bond donors (Lipinski definition) is 1. The zero-order valence-electron chi connectivity index (χ0n) is 11.0. The SMILES string of the molecule is COC(=O)c1ncn(CC(=O)NC2CCCCC2)n1. The van der Waals surface area contributed by atoms with E-state index in [2.05, 4.69) is 20.1 Å². The summed E-state index contributed by atoms with van der Waals surface area (Å²) < 4.78 is 5.84. The van der Waals surface area contributed by atoms with E-state index >= 15 is 0 Å². The number of rotatable bonds is 4. The molecule has 1 aliphatic rings. The van der Waals surface area contributed by atoms with Gasteiger partial charge in [-0.15, -0.1) is 5.10 Å². The Labute approximate surface area is 111 Å². The van der Waals surface area contributed by atoms with Crippen LogP contribution in [0.2, 0.25) is 0 Å². The maximum atomic E-state index is 11.8. The van der Waals surface area contributed by atoms with E-state index in [1.807, 2.05) is 0 Å². The van der Waals surface area contributed by atoms with Crippen molar-refractivity contribution in [2.75, 3.05) is 7.11 Å². The maximum absolute atomic E-state index is 11.8. The zero-order valence-corrected chi connectivity index (χ0v) is 11.0. The van der Waals surface area contributed by atoms with Crippen molar-refractivity contribution in [3.63, 3.8) is 0 Å². The summed E-state index contributed by atoms with van der Waals surface area (Å²) in [5.41, 5.74) is 0. The van der Waals surface area contributed by atoms with Crippen LogP contribution in [-0.4, -0.2) is 39.8 Å². The molecule has 0 saturated heterocycles. The van der Waals surface area contributed by atoms with Crippen LogP contribution in [0.25, 0.3) is 0 Å². The van der Waals surface area contributed by atoms with Crippen LogP contribution in [0.1, 0.15) is 42.7 Å². The smallest absolute Gasteiger partial charge is 0.377 e. The molecule has 0 unspecified atom stereocenters. The molecule has 1 aromatic rings. The van der Waals surface area contributed by atoms with Crippen LogP contribution in [0.4, 0.5) is 0 Å². The minimum Gasteiger partial charge on any atom is -0.463 e. The van der Waals surface area contributed by atoms with E-state index in [1.54, 1.807) is 0 Å². The minimum atomic E-state index is -0.605. The van der Waals surface area contributed by atoms with Gasteiger partial charge < -0.3 is 10.1 Å². The molecule has 0 bridgehead atoms. The number of esters is 1. The number of amides is 1. The summed E-state index contributed by atoms with van der Waals surface area (Å²) in [6.45, 7) is 0.0699. The molecule has 1 N–H and O–H groups in total. The number of carbonyl (C=O) groups excluding carboxylic acids is 2. The van der Waals surface area contributed by atoms with Gasteiger partial charge in [-0.3, -0.25) is 4.79 Å². The lowest BCUT2D eigenvalue weighted by atomic mass is 9.95. The highest BCUT2D eigenvalue weighted by Crippen LogP contribution is 2.17. The Morgan fingerprint density at radius 1 is 1.42 bits per heavy atom. The van der Waals surface area contributed by atoms with Crippen LogP contribution in [0, 0.1) is 0 Å². The van der Waals surface area contributed by atoms with Crippen molar-refractivity contribution < 1.29 is 14.3 Å². The Hall–Kier alpha value is -1.92. The Kier molecular flexibility index (Phi) is 4.48. The highest BCUT2D eigenvalue weighted by Gasteiger charge is 2.17. The molecule has 1 fully saturated rings. The molecule has 19 heavy (non-hydrogen) atoms. The highest BCUT2D eigenvalue weighted by molar-refractivity contribution is 5.84. The van der Waals surface area contributed by atoms with Gasteiger partial charge in [-0.05, 0) is 12.8 Å². The maximum Gasteiger partial charge on any atom is 0.377 e. The van der Waals surface area contributed by atoms with Gasteiger partial charge in [-0.2, -0.15) is 0 Å². The van der Waals surface area contributed by atoms with Gasteiger partial charge in [-0.25, -0.2) is 14.5 Å². The van der Waals surface area contributed by atoms with Crippen molar-refractivity contribution in [1.82, 2.24) is 20.1 Å². The van der Waals surface area contributed by atoms with E-state index in [4.69, 9.17) is 0 Å². The van der Waals surface area contributed by atoms with Crippen LogP contribution in [0.3, 0.4) is 0 Å². The first-order chi connectivity index (χ1) is 9.19. The van der Waals surface area contributed by atoms with Gasteiger partial charge >= 0.3 is 5.97 Å². The number of ether oxygens (including phenoxy) is 1. The predicted octanol–water partition coefficient (Wildman–Crippen LogP) is 0.514. The van der Waals surface area contributed by atoms with Gasteiger partial charge in [0.25, 0.3) is 5.82 Å². The molecule has 1 aliphatic carbocycles. The molecule has 2 rings (SSSR count). The fourth-order valence-electron chi connectivity index (χ4n) is 2.22. The second kappa shape index (κ2) is 6.31. The lowest BCUT2D eigenvalue weighted by Crippen LogP contribution is -2.38. The molecule has 1 heterocycles. The quantitative estimate of drug-likeness (QED) is 0.803. The molecule has 104 valence electrons.